The second-order valence-corrected chi connectivity index (χ2v) is 6.67. The second kappa shape index (κ2) is 8.67. The van der Waals surface area contributed by atoms with Crippen LogP contribution in [0.25, 0.3) is 0 Å². The van der Waals surface area contributed by atoms with E-state index in [0.29, 0.717) is 25.4 Å². The van der Waals surface area contributed by atoms with E-state index in [-0.39, 0.29) is 24.4 Å². The molecule has 4 rings (SSSR count). The Kier molecular flexibility index (Phi) is 5.84. The van der Waals surface area contributed by atoms with Crippen LogP contribution in [0.1, 0.15) is 12.0 Å². The first-order valence-electron chi connectivity index (χ1n) is 9.24. The number of hydrogen-bond donors (Lipinski definition) is 0. The summed E-state index contributed by atoms with van der Waals surface area (Å²) in [5.74, 6) is 0.698. The van der Waals surface area contributed by atoms with Crippen molar-refractivity contribution in [3.05, 3.63) is 78.9 Å². The molecule has 5 nitrogen and oxygen atoms in total. The lowest BCUT2D eigenvalue weighted by atomic mass is 9.97. The lowest BCUT2D eigenvalue weighted by Gasteiger charge is -2.44. The summed E-state index contributed by atoms with van der Waals surface area (Å²) < 4.78 is 29.8. The van der Waals surface area contributed by atoms with Crippen molar-refractivity contribution in [3.63, 3.8) is 0 Å². The first-order chi connectivity index (χ1) is 13.3. The number of benzene rings is 2. The molecule has 2 aromatic carbocycles. The maximum Gasteiger partial charge on any atom is 0.316 e. The number of para-hydroxylation sites is 1. The Labute approximate surface area is 159 Å². The van der Waals surface area contributed by atoms with Crippen LogP contribution >= 0.6 is 0 Å². The molecule has 27 heavy (non-hydrogen) atoms. The van der Waals surface area contributed by atoms with Gasteiger partial charge in [-0.25, -0.2) is 0 Å². The van der Waals surface area contributed by atoms with E-state index in [2.05, 4.69) is 6.58 Å². The van der Waals surface area contributed by atoms with Gasteiger partial charge in [0.2, 0.25) is 0 Å². The Bertz CT molecular complexity index is 720. The van der Waals surface area contributed by atoms with E-state index in [1.807, 2.05) is 66.7 Å². The predicted molar refractivity (Wildman–Crippen MR) is 100 cm³/mol. The lowest BCUT2D eigenvalue weighted by Crippen LogP contribution is -2.57. The van der Waals surface area contributed by atoms with Gasteiger partial charge in [0, 0.05) is 6.42 Å². The van der Waals surface area contributed by atoms with Crippen molar-refractivity contribution in [2.24, 2.45) is 0 Å². The molecule has 0 unspecified atom stereocenters. The van der Waals surface area contributed by atoms with Crippen molar-refractivity contribution >= 4 is 0 Å². The molecule has 5 heteroatoms. The van der Waals surface area contributed by atoms with Crippen molar-refractivity contribution in [1.82, 2.24) is 0 Å². The van der Waals surface area contributed by atoms with Gasteiger partial charge in [0.1, 0.15) is 18.0 Å². The Morgan fingerprint density at radius 1 is 1.00 bits per heavy atom. The molecule has 2 heterocycles. The minimum Gasteiger partial charge on any atom is -0.441 e. The highest BCUT2D eigenvalue weighted by molar-refractivity contribution is 5.21. The highest BCUT2D eigenvalue weighted by Gasteiger charge is 2.44. The van der Waals surface area contributed by atoms with Crippen LogP contribution in [0.4, 0.5) is 0 Å². The Morgan fingerprint density at radius 2 is 1.74 bits per heavy atom. The fraction of sp³-hybridized carbons (Fsp3) is 0.364. The van der Waals surface area contributed by atoms with Crippen LogP contribution in [0, 0.1) is 0 Å². The van der Waals surface area contributed by atoms with Crippen molar-refractivity contribution in [1.29, 1.82) is 0 Å². The van der Waals surface area contributed by atoms with Gasteiger partial charge in [-0.2, -0.15) is 0 Å². The maximum absolute atomic E-state index is 6.21. The minimum absolute atomic E-state index is 0.0779. The molecule has 0 aliphatic carbocycles. The van der Waals surface area contributed by atoms with E-state index in [1.54, 1.807) is 0 Å². The van der Waals surface area contributed by atoms with Gasteiger partial charge in [-0.05, 0) is 17.7 Å². The highest BCUT2D eigenvalue weighted by Crippen LogP contribution is 2.31. The summed E-state index contributed by atoms with van der Waals surface area (Å²) in [6.45, 7) is 3.99. The highest BCUT2D eigenvalue weighted by atomic mass is 16.9. The fourth-order valence-corrected chi connectivity index (χ4v) is 3.37. The minimum atomic E-state index is -0.777. The molecule has 0 amide bonds. The molecule has 2 aromatic rings. The number of fused-ring (bicyclic) bond motifs is 1. The standard InChI is InChI=1S/C22H24O5/c1-2-17-13-19(23-14-16-9-5-3-6-10-16)21-20(25-17)15-24-22(27-21)26-18-11-7-4-8-12-18/h2-12,17,19-22H,1,13-15H2/t17-,19-,20-,21+,22+/m1/s1. The van der Waals surface area contributed by atoms with E-state index in [4.69, 9.17) is 23.7 Å². The molecule has 0 radical (unpaired) electrons. The quantitative estimate of drug-likeness (QED) is 0.728. The van der Waals surface area contributed by atoms with E-state index < -0.39 is 6.48 Å². The summed E-state index contributed by atoms with van der Waals surface area (Å²) in [5, 5.41) is 0. The normalized spacial score (nSPS) is 30.3. The van der Waals surface area contributed by atoms with E-state index in [1.165, 1.54) is 0 Å². The predicted octanol–water partition coefficient (Wildman–Crippen LogP) is 3.69. The van der Waals surface area contributed by atoms with Gasteiger partial charge in [-0.3, -0.25) is 0 Å². The third-order valence-corrected chi connectivity index (χ3v) is 4.76. The summed E-state index contributed by atoms with van der Waals surface area (Å²) in [5.41, 5.74) is 1.12. The second-order valence-electron chi connectivity index (χ2n) is 6.67. The average molecular weight is 368 g/mol. The SMILES string of the molecule is C=C[C@@H]1C[C@@H](OCc2ccccc2)[C@@H]2O[C@H](Oc3ccccc3)OC[C@H]2O1. The zero-order valence-electron chi connectivity index (χ0n) is 15.1. The van der Waals surface area contributed by atoms with Crippen molar-refractivity contribution in [2.45, 2.75) is 43.9 Å². The molecule has 0 bridgehead atoms. The van der Waals surface area contributed by atoms with Gasteiger partial charge < -0.3 is 23.7 Å². The van der Waals surface area contributed by atoms with Crippen molar-refractivity contribution in [3.8, 4) is 5.75 Å². The lowest BCUT2D eigenvalue weighted by molar-refractivity contribution is -0.357. The molecule has 2 aliphatic rings. The van der Waals surface area contributed by atoms with Crippen LogP contribution in [-0.4, -0.2) is 37.5 Å². The van der Waals surface area contributed by atoms with Gasteiger partial charge in [0.25, 0.3) is 0 Å². The average Bonchev–Trinajstić information content (AvgIpc) is 2.73. The van der Waals surface area contributed by atoms with Crippen LogP contribution < -0.4 is 4.74 Å². The van der Waals surface area contributed by atoms with Crippen molar-refractivity contribution in [2.75, 3.05) is 6.61 Å². The van der Waals surface area contributed by atoms with E-state index >= 15 is 0 Å². The molecule has 2 aliphatic heterocycles. The van der Waals surface area contributed by atoms with Gasteiger partial charge in [-0.1, -0.05) is 54.6 Å². The van der Waals surface area contributed by atoms with Gasteiger partial charge in [0.05, 0.1) is 25.4 Å². The molecule has 2 saturated heterocycles. The third kappa shape index (κ3) is 4.57. The molecule has 0 aromatic heterocycles. The molecule has 2 fully saturated rings. The Balaban J connectivity index is 1.42. The molecular weight excluding hydrogens is 344 g/mol. The smallest absolute Gasteiger partial charge is 0.316 e. The fourth-order valence-electron chi connectivity index (χ4n) is 3.37. The van der Waals surface area contributed by atoms with Gasteiger partial charge in [-0.15, -0.1) is 6.58 Å². The largest absolute Gasteiger partial charge is 0.441 e. The molecule has 5 atom stereocenters. The Morgan fingerprint density at radius 3 is 2.48 bits per heavy atom. The van der Waals surface area contributed by atoms with Crippen LogP contribution in [0.5, 0.6) is 5.75 Å². The summed E-state index contributed by atoms with van der Waals surface area (Å²) in [6.07, 6.45) is 1.83. The van der Waals surface area contributed by atoms with E-state index in [9.17, 15) is 0 Å². The van der Waals surface area contributed by atoms with Crippen LogP contribution in [-0.2, 0) is 25.6 Å². The van der Waals surface area contributed by atoms with Gasteiger partial charge >= 0.3 is 6.48 Å². The summed E-state index contributed by atoms with van der Waals surface area (Å²) in [4.78, 5) is 0. The topological polar surface area (TPSA) is 46.2 Å². The summed E-state index contributed by atoms with van der Waals surface area (Å²) >= 11 is 0. The van der Waals surface area contributed by atoms with Crippen molar-refractivity contribution < 1.29 is 23.7 Å². The molecule has 142 valence electrons. The summed E-state index contributed by atoms with van der Waals surface area (Å²) in [7, 11) is 0. The van der Waals surface area contributed by atoms with Crippen LogP contribution in [0.3, 0.4) is 0 Å². The number of hydrogen-bond acceptors (Lipinski definition) is 5. The third-order valence-electron chi connectivity index (χ3n) is 4.76. The first-order valence-corrected chi connectivity index (χ1v) is 9.24. The number of rotatable bonds is 6. The van der Waals surface area contributed by atoms with Crippen LogP contribution in [0.2, 0.25) is 0 Å². The van der Waals surface area contributed by atoms with E-state index in [0.717, 1.165) is 5.56 Å². The summed E-state index contributed by atoms with van der Waals surface area (Å²) in [6, 6.07) is 19.6. The molecule has 0 spiro atoms. The zero-order valence-corrected chi connectivity index (χ0v) is 15.1. The first kappa shape index (κ1) is 18.2. The number of ether oxygens (including phenoxy) is 5. The molecular formula is C22H24O5. The monoisotopic (exact) mass is 368 g/mol. The van der Waals surface area contributed by atoms with Gasteiger partial charge in [0.15, 0.2) is 0 Å². The molecule has 0 saturated carbocycles. The Hall–Kier alpha value is -2.18. The zero-order chi connectivity index (χ0) is 18.5. The maximum atomic E-state index is 6.21. The molecule has 0 N–H and O–H groups in total. The van der Waals surface area contributed by atoms with Crippen LogP contribution in [0.15, 0.2) is 73.3 Å².